The first-order chi connectivity index (χ1) is 14.2. The fraction of sp³-hybridized carbons (Fsp3) is 0.111. The molecule has 2 nitrogen and oxygen atoms in total. The molecule has 2 heteroatoms. The van der Waals surface area contributed by atoms with Gasteiger partial charge in [0.2, 0.25) is 0 Å². The van der Waals surface area contributed by atoms with E-state index in [1.54, 1.807) is 12.1 Å². The maximum absolute atomic E-state index is 11.5. The molecule has 0 fully saturated rings. The average molecular weight is 380 g/mol. The Labute approximate surface area is 171 Å². The lowest BCUT2D eigenvalue weighted by Gasteiger charge is -2.38. The molecule has 0 aliphatic carbocycles. The Balaban J connectivity index is 1.95. The van der Waals surface area contributed by atoms with Crippen molar-refractivity contribution in [2.75, 3.05) is 0 Å². The van der Waals surface area contributed by atoms with E-state index >= 15 is 0 Å². The normalized spacial score (nSPS) is 12.7. The summed E-state index contributed by atoms with van der Waals surface area (Å²) in [6, 6.07) is 39.0. The third kappa shape index (κ3) is 4.00. The van der Waals surface area contributed by atoms with Crippen LogP contribution in [0.3, 0.4) is 0 Å². The van der Waals surface area contributed by atoms with Crippen molar-refractivity contribution in [3.8, 4) is 0 Å². The third-order valence-corrected chi connectivity index (χ3v) is 5.44. The van der Waals surface area contributed by atoms with Gasteiger partial charge < -0.3 is 10.2 Å². The second kappa shape index (κ2) is 8.44. The number of hydrogen-bond acceptors (Lipinski definition) is 2. The Morgan fingerprint density at radius 2 is 0.793 bits per heavy atom. The fourth-order valence-electron chi connectivity index (χ4n) is 4.08. The molecule has 0 aliphatic heterocycles. The van der Waals surface area contributed by atoms with Gasteiger partial charge in [-0.15, -0.1) is 0 Å². The van der Waals surface area contributed by atoms with Crippen LogP contribution >= 0.6 is 0 Å². The highest BCUT2D eigenvalue weighted by Crippen LogP contribution is 2.47. The van der Waals surface area contributed by atoms with Gasteiger partial charge in [-0.2, -0.15) is 0 Å². The van der Waals surface area contributed by atoms with E-state index in [0.717, 1.165) is 16.7 Å². The largest absolute Gasteiger partial charge is 0.361 e. The standard InChI is InChI=1S/C27H24O2/c28-27(29,24-19-11-4-12-20-24)26(23-17-9-3-10-18-23)25(21-13-5-1-6-14-21)22-15-7-2-8-16-22/h1-20,25-26,28-29H. The molecule has 0 aromatic heterocycles. The Morgan fingerprint density at radius 3 is 1.21 bits per heavy atom. The molecule has 0 spiro atoms. The van der Waals surface area contributed by atoms with Crippen molar-refractivity contribution in [3.63, 3.8) is 0 Å². The summed E-state index contributed by atoms with van der Waals surface area (Å²) in [7, 11) is 0. The Kier molecular flexibility index (Phi) is 5.57. The Bertz CT molecular complexity index is 974. The van der Waals surface area contributed by atoms with E-state index in [2.05, 4.69) is 24.3 Å². The summed E-state index contributed by atoms with van der Waals surface area (Å²) in [5, 5.41) is 23.1. The molecule has 1 unspecified atom stereocenters. The van der Waals surface area contributed by atoms with Crippen molar-refractivity contribution >= 4 is 0 Å². The molecule has 0 amide bonds. The summed E-state index contributed by atoms with van der Waals surface area (Å²) in [4.78, 5) is 0. The highest BCUT2D eigenvalue weighted by atomic mass is 16.5. The van der Waals surface area contributed by atoms with Crippen LogP contribution in [0.25, 0.3) is 0 Å². The molecular formula is C27H24O2. The van der Waals surface area contributed by atoms with Crippen molar-refractivity contribution in [1.82, 2.24) is 0 Å². The van der Waals surface area contributed by atoms with Crippen molar-refractivity contribution in [2.45, 2.75) is 17.6 Å². The summed E-state index contributed by atoms with van der Waals surface area (Å²) in [6.07, 6.45) is 0. The lowest BCUT2D eigenvalue weighted by Crippen LogP contribution is -2.37. The maximum Gasteiger partial charge on any atom is 0.197 e. The van der Waals surface area contributed by atoms with Gasteiger partial charge in [0.1, 0.15) is 0 Å². The topological polar surface area (TPSA) is 40.5 Å². The molecule has 29 heavy (non-hydrogen) atoms. The third-order valence-electron chi connectivity index (χ3n) is 5.44. The van der Waals surface area contributed by atoms with Gasteiger partial charge in [-0.1, -0.05) is 121 Å². The minimum Gasteiger partial charge on any atom is -0.361 e. The number of hydrogen-bond donors (Lipinski definition) is 2. The molecule has 0 aliphatic rings. The fourth-order valence-corrected chi connectivity index (χ4v) is 4.08. The van der Waals surface area contributed by atoms with E-state index in [9.17, 15) is 10.2 Å². The van der Waals surface area contributed by atoms with Gasteiger partial charge in [0.25, 0.3) is 0 Å². The van der Waals surface area contributed by atoms with Crippen molar-refractivity contribution < 1.29 is 10.2 Å². The second-order valence-corrected chi connectivity index (χ2v) is 7.28. The average Bonchev–Trinajstić information content (AvgIpc) is 2.79. The highest BCUT2D eigenvalue weighted by molar-refractivity contribution is 5.41. The van der Waals surface area contributed by atoms with E-state index in [-0.39, 0.29) is 5.92 Å². The monoisotopic (exact) mass is 380 g/mol. The van der Waals surface area contributed by atoms with Gasteiger partial charge in [-0.25, -0.2) is 0 Å². The summed E-state index contributed by atoms with van der Waals surface area (Å²) in [5.74, 6) is -2.90. The Morgan fingerprint density at radius 1 is 0.448 bits per heavy atom. The van der Waals surface area contributed by atoms with Crippen molar-refractivity contribution in [1.29, 1.82) is 0 Å². The molecule has 0 heterocycles. The van der Waals surface area contributed by atoms with Gasteiger partial charge in [0.15, 0.2) is 5.79 Å². The van der Waals surface area contributed by atoms with Gasteiger partial charge in [0, 0.05) is 11.5 Å². The molecule has 144 valence electrons. The highest BCUT2D eigenvalue weighted by Gasteiger charge is 2.43. The lowest BCUT2D eigenvalue weighted by molar-refractivity contribution is -0.191. The second-order valence-electron chi connectivity index (χ2n) is 7.28. The van der Waals surface area contributed by atoms with Gasteiger partial charge in [0.05, 0.1) is 5.92 Å². The maximum atomic E-state index is 11.5. The van der Waals surface area contributed by atoms with E-state index in [1.807, 2.05) is 84.9 Å². The van der Waals surface area contributed by atoms with E-state index in [1.165, 1.54) is 0 Å². The summed E-state index contributed by atoms with van der Waals surface area (Å²) >= 11 is 0. The van der Waals surface area contributed by atoms with Crippen LogP contribution in [0, 0.1) is 0 Å². The van der Waals surface area contributed by atoms with Crippen LogP contribution < -0.4 is 0 Å². The summed E-state index contributed by atoms with van der Waals surface area (Å²) < 4.78 is 0. The van der Waals surface area contributed by atoms with Crippen LogP contribution in [-0.2, 0) is 5.79 Å². The van der Waals surface area contributed by atoms with Crippen molar-refractivity contribution in [3.05, 3.63) is 144 Å². The van der Waals surface area contributed by atoms with E-state index < -0.39 is 11.7 Å². The predicted molar refractivity (Wildman–Crippen MR) is 116 cm³/mol. The molecular weight excluding hydrogens is 356 g/mol. The van der Waals surface area contributed by atoms with Gasteiger partial charge >= 0.3 is 0 Å². The first kappa shape index (κ1) is 19.1. The van der Waals surface area contributed by atoms with Crippen LogP contribution in [0.1, 0.15) is 34.1 Å². The number of aliphatic hydroxyl groups is 2. The first-order valence-corrected chi connectivity index (χ1v) is 9.83. The quantitative estimate of drug-likeness (QED) is 0.437. The number of rotatable bonds is 6. The molecule has 4 aromatic carbocycles. The molecule has 1 atom stereocenters. The molecule has 0 saturated carbocycles. The van der Waals surface area contributed by atoms with E-state index in [4.69, 9.17) is 0 Å². The molecule has 0 radical (unpaired) electrons. The van der Waals surface area contributed by atoms with Gasteiger partial charge in [-0.05, 0) is 16.7 Å². The molecule has 0 bridgehead atoms. The van der Waals surface area contributed by atoms with Gasteiger partial charge in [-0.3, -0.25) is 0 Å². The number of benzene rings is 4. The lowest BCUT2D eigenvalue weighted by atomic mass is 9.71. The smallest absolute Gasteiger partial charge is 0.197 e. The van der Waals surface area contributed by atoms with Crippen LogP contribution in [0.4, 0.5) is 0 Å². The zero-order valence-electron chi connectivity index (χ0n) is 16.1. The summed E-state index contributed by atoms with van der Waals surface area (Å²) in [6.45, 7) is 0. The first-order valence-electron chi connectivity index (χ1n) is 9.83. The molecule has 4 rings (SSSR count). The zero-order chi connectivity index (χ0) is 20.1. The van der Waals surface area contributed by atoms with Crippen LogP contribution in [0.5, 0.6) is 0 Å². The summed E-state index contributed by atoms with van der Waals surface area (Å²) in [5.41, 5.74) is 3.43. The Hall–Kier alpha value is -3.20. The molecule has 2 N–H and O–H groups in total. The van der Waals surface area contributed by atoms with Crippen LogP contribution in [0.15, 0.2) is 121 Å². The zero-order valence-corrected chi connectivity index (χ0v) is 16.1. The SMILES string of the molecule is OC(O)(c1ccccc1)C(c1ccccc1)C(c1ccccc1)c1ccccc1. The predicted octanol–water partition coefficient (Wildman–Crippen LogP) is 5.44. The molecule has 4 aromatic rings. The van der Waals surface area contributed by atoms with E-state index in [0.29, 0.717) is 5.56 Å². The minimum absolute atomic E-state index is 0.241. The van der Waals surface area contributed by atoms with Crippen LogP contribution in [-0.4, -0.2) is 10.2 Å². The van der Waals surface area contributed by atoms with Crippen LogP contribution in [0.2, 0.25) is 0 Å². The minimum atomic E-state index is -2.06. The van der Waals surface area contributed by atoms with Crippen molar-refractivity contribution in [2.24, 2.45) is 0 Å². The molecule has 0 saturated heterocycles.